The second kappa shape index (κ2) is 8.61. The number of amides is 2. The molecule has 1 N–H and O–H groups in total. The van der Waals surface area contributed by atoms with Crippen molar-refractivity contribution in [2.45, 2.75) is 33.2 Å². The number of morpholine rings is 1. The van der Waals surface area contributed by atoms with E-state index in [-0.39, 0.29) is 18.4 Å². The summed E-state index contributed by atoms with van der Waals surface area (Å²) in [4.78, 5) is 37.2. The maximum atomic E-state index is 12.5. The standard InChI is InChI=1S/C14H24N2O5/c1-4-21-14(19)12(17)15-11(9-10(2)3)13(18)16-5-7-20-8-6-16/h10-11H,4-9H2,1-3H3,(H,15,17)/t11-/m0/s1. The van der Waals surface area contributed by atoms with E-state index in [4.69, 9.17) is 4.74 Å². The van der Waals surface area contributed by atoms with Crippen molar-refractivity contribution < 1.29 is 23.9 Å². The highest BCUT2D eigenvalue weighted by Crippen LogP contribution is 2.10. The maximum Gasteiger partial charge on any atom is 0.396 e. The van der Waals surface area contributed by atoms with Gasteiger partial charge in [0.15, 0.2) is 0 Å². The Bertz CT molecular complexity index is 378. The summed E-state index contributed by atoms with van der Waals surface area (Å²) in [6, 6.07) is -0.708. The number of ether oxygens (including phenoxy) is 2. The Labute approximate surface area is 124 Å². The van der Waals surface area contributed by atoms with E-state index >= 15 is 0 Å². The van der Waals surface area contributed by atoms with Crippen LogP contribution < -0.4 is 5.32 Å². The van der Waals surface area contributed by atoms with Gasteiger partial charge in [0.05, 0.1) is 19.8 Å². The molecule has 0 spiro atoms. The minimum atomic E-state index is -0.957. The Kier molecular flexibility index (Phi) is 7.14. The van der Waals surface area contributed by atoms with Crippen LogP contribution in [0, 0.1) is 5.92 Å². The van der Waals surface area contributed by atoms with Gasteiger partial charge in [-0.3, -0.25) is 9.59 Å². The van der Waals surface area contributed by atoms with Crippen LogP contribution in [0.5, 0.6) is 0 Å². The molecule has 1 atom stereocenters. The molecule has 0 bridgehead atoms. The Morgan fingerprint density at radius 3 is 2.38 bits per heavy atom. The first-order valence-corrected chi connectivity index (χ1v) is 7.29. The van der Waals surface area contributed by atoms with Crippen molar-refractivity contribution in [3.05, 3.63) is 0 Å². The minimum Gasteiger partial charge on any atom is -0.459 e. The second-order valence-corrected chi connectivity index (χ2v) is 5.31. The lowest BCUT2D eigenvalue weighted by atomic mass is 10.0. The predicted octanol–water partition coefficient (Wildman–Crippen LogP) is -0.0608. The van der Waals surface area contributed by atoms with Crippen LogP contribution >= 0.6 is 0 Å². The molecule has 1 aliphatic heterocycles. The van der Waals surface area contributed by atoms with E-state index in [1.54, 1.807) is 11.8 Å². The molecule has 7 heteroatoms. The molecule has 1 fully saturated rings. The highest BCUT2D eigenvalue weighted by Gasteiger charge is 2.29. The van der Waals surface area contributed by atoms with Gasteiger partial charge in [0.2, 0.25) is 5.91 Å². The number of hydrogen-bond donors (Lipinski definition) is 1. The first-order valence-electron chi connectivity index (χ1n) is 7.29. The molecule has 0 aromatic heterocycles. The van der Waals surface area contributed by atoms with Crippen molar-refractivity contribution in [3.8, 4) is 0 Å². The molecule has 0 saturated carbocycles. The van der Waals surface area contributed by atoms with Crippen LogP contribution in [0.4, 0.5) is 0 Å². The summed E-state index contributed by atoms with van der Waals surface area (Å²) in [5.41, 5.74) is 0. The molecule has 7 nitrogen and oxygen atoms in total. The van der Waals surface area contributed by atoms with Gasteiger partial charge in [0, 0.05) is 13.1 Å². The van der Waals surface area contributed by atoms with Gasteiger partial charge in [-0.05, 0) is 19.3 Å². The van der Waals surface area contributed by atoms with Crippen molar-refractivity contribution >= 4 is 17.8 Å². The summed E-state index contributed by atoms with van der Waals surface area (Å²) >= 11 is 0. The van der Waals surface area contributed by atoms with E-state index in [0.29, 0.717) is 32.7 Å². The first kappa shape index (κ1) is 17.4. The molecule has 1 rings (SSSR count). The average molecular weight is 300 g/mol. The first-order chi connectivity index (χ1) is 9.95. The van der Waals surface area contributed by atoms with Gasteiger partial charge in [-0.25, -0.2) is 4.79 Å². The molecule has 21 heavy (non-hydrogen) atoms. The molecule has 1 aliphatic rings. The highest BCUT2D eigenvalue weighted by molar-refractivity contribution is 6.32. The van der Waals surface area contributed by atoms with Gasteiger partial charge in [-0.15, -0.1) is 0 Å². The molecular formula is C14H24N2O5. The molecule has 0 aromatic carbocycles. The minimum absolute atomic E-state index is 0.124. The van der Waals surface area contributed by atoms with Crippen molar-refractivity contribution in [2.24, 2.45) is 5.92 Å². The van der Waals surface area contributed by atoms with Crippen LogP contribution in [-0.2, 0) is 23.9 Å². The van der Waals surface area contributed by atoms with E-state index in [1.807, 2.05) is 13.8 Å². The maximum absolute atomic E-state index is 12.5. The fourth-order valence-electron chi connectivity index (χ4n) is 2.11. The third-order valence-corrected chi connectivity index (χ3v) is 3.09. The quantitative estimate of drug-likeness (QED) is 0.568. The van der Waals surface area contributed by atoms with Crippen LogP contribution in [0.1, 0.15) is 27.2 Å². The van der Waals surface area contributed by atoms with E-state index in [0.717, 1.165) is 0 Å². The lowest BCUT2D eigenvalue weighted by molar-refractivity contribution is -0.155. The highest BCUT2D eigenvalue weighted by atomic mass is 16.5. The second-order valence-electron chi connectivity index (χ2n) is 5.31. The Balaban J connectivity index is 2.67. The number of hydrogen-bond acceptors (Lipinski definition) is 5. The van der Waals surface area contributed by atoms with Crippen LogP contribution in [-0.4, -0.2) is 61.6 Å². The zero-order chi connectivity index (χ0) is 15.8. The van der Waals surface area contributed by atoms with E-state index < -0.39 is 17.9 Å². The third-order valence-electron chi connectivity index (χ3n) is 3.09. The van der Waals surface area contributed by atoms with Crippen molar-refractivity contribution in [1.82, 2.24) is 10.2 Å². The number of rotatable bonds is 5. The predicted molar refractivity (Wildman–Crippen MR) is 75.4 cm³/mol. The molecule has 0 aliphatic carbocycles. The van der Waals surface area contributed by atoms with E-state index in [2.05, 4.69) is 10.1 Å². The number of nitrogens with zero attached hydrogens (tertiary/aromatic N) is 1. The monoisotopic (exact) mass is 300 g/mol. The van der Waals surface area contributed by atoms with Crippen molar-refractivity contribution in [1.29, 1.82) is 0 Å². The zero-order valence-electron chi connectivity index (χ0n) is 12.9. The SMILES string of the molecule is CCOC(=O)C(=O)N[C@@H](CC(C)C)C(=O)N1CCOCC1. The fourth-order valence-corrected chi connectivity index (χ4v) is 2.11. The summed E-state index contributed by atoms with van der Waals surface area (Å²) in [5, 5.41) is 2.48. The van der Waals surface area contributed by atoms with E-state index in [1.165, 1.54) is 0 Å². The van der Waals surface area contributed by atoms with Gasteiger partial charge in [0.25, 0.3) is 0 Å². The Morgan fingerprint density at radius 1 is 1.24 bits per heavy atom. The topological polar surface area (TPSA) is 84.9 Å². The van der Waals surface area contributed by atoms with Crippen LogP contribution in [0.3, 0.4) is 0 Å². The van der Waals surface area contributed by atoms with Crippen molar-refractivity contribution in [3.63, 3.8) is 0 Å². The summed E-state index contributed by atoms with van der Waals surface area (Å²) in [6.45, 7) is 7.64. The van der Waals surface area contributed by atoms with Gasteiger partial charge in [0.1, 0.15) is 6.04 Å². The number of carbonyl (C=O) groups is 3. The Morgan fingerprint density at radius 2 is 1.86 bits per heavy atom. The van der Waals surface area contributed by atoms with Crippen LogP contribution in [0.15, 0.2) is 0 Å². The molecule has 0 radical (unpaired) electrons. The smallest absolute Gasteiger partial charge is 0.396 e. The summed E-state index contributed by atoms with van der Waals surface area (Å²) < 4.78 is 9.85. The van der Waals surface area contributed by atoms with Gasteiger partial charge >= 0.3 is 11.9 Å². The normalized spacial score (nSPS) is 16.5. The summed E-state index contributed by atoms with van der Waals surface area (Å²) in [7, 11) is 0. The Hall–Kier alpha value is -1.63. The van der Waals surface area contributed by atoms with E-state index in [9.17, 15) is 14.4 Å². The average Bonchev–Trinajstić information content (AvgIpc) is 2.46. The van der Waals surface area contributed by atoms with Gasteiger partial charge < -0.3 is 19.7 Å². The van der Waals surface area contributed by atoms with Gasteiger partial charge in [-0.1, -0.05) is 13.8 Å². The third kappa shape index (κ3) is 5.71. The van der Waals surface area contributed by atoms with Gasteiger partial charge in [-0.2, -0.15) is 0 Å². The zero-order valence-corrected chi connectivity index (χ0v) is 12.9. The van der Waals surface area contributed by atoms with Crippen LogP contribution in [0.2, 0.25) is 0 Å². The molecule has 2 amide bonds. The van der Waals surface area contributed by atoms with Crippen molar-refractivity contribution in [2.75, 3.05) is 32.9 Å². The molecule has 1 heterocycles. The molecule has 0 unspecified atom stereocenters. The largest absolute Gasteiger partial charge is 0.459 e. The fraction of sp³-hybridized carbons (Fsp3) is 0.786. The lowest BCUT2D eigenvalue weighted by Gasteiger charge is -2.31. The number of nitrogens with one attached hydrogen (secondary N) is 1. The molecular weight excluding hydrogens is 276 g/mol. The molecule has 0 aromatic rings. The molecule has 120 valence electrons. The summed E-state index contributed by atoms with van der Waals surface area (Å²) in [5.74, 6) is -1.79. The number of esters is 1. The molecule has 1 saturated heterocycles. The lowest BCUT2D eigenvalue weighted by Crippen LogP contribution is -2.53. The summed E-state index contributed by atoms with van der Waals surface area (Å²) in [6.07, 6.45) is 0.474. The van der Waals surface area contributed by atoms with Crippen LogP contribution in [0.25, 0.3) is 0 Å². The number of carbonyl (C=O) groups excluding carboxylic acids is 3.